The summed E-state index contributed by atoms with van der Waals surface area (Å²) in [5, 5.41) is 2.69. The molecular weight excluding hydrogens is 298 g/mol. The van der Waals surface area contributed by atoms with Crippen molar-refractivity contribution in [3.05, 3.63) is 0 Å². The summed E-state index contributed by atoms with van der Waals surface area (Å²) >= 11 is 0. The van der Waals surface area contributed by atoms with Crippen LogP contribution in [-0.4, -0.2) is 53.5 Å². The first-order chi connectivity index (χ1) is 10.3. The predicted octanol–water partition coefficient (Wildman–Crippen LogP) is 2.24. The number of nitrogens with two attached hydrogens (primary N) is 1. The van der Waals surface area contributed by atoms with Gasteiger partial charge in [-0.25, -0.2) is 9.59 Å². The van der Waals surface area contributed by atoms with Gasteiger partial charge in [-0.2, -0.15) is 0 Å². The summed E-state index contributed by atoms with van der Waals surface area (Å²) in [4.78, 5) is 25.5. The van der Waals surface area contributed by atoms with E-state index in [2.05, 4.69) is 5.32 Å². The topological polar surface area (TPSA) is 93.9 Å². The average molecular weight is 329 g/mol. The number of nitrogens with zero attached hydrogens (tertiary/aromatic N) is 1. The highest BCUT2D eigenvalue weighted by molar-refractivity contribution is 5.69. The Labute approximate surface area is 138 Å². The average Bonchev–Trinajstić information content (AvgIpc) is 2.32. The van der Waals surface area contributed by atoms with Gasteiger partial charge in [0.2, 0.25) is 0 Å². The largest absolute Gasteiger partial charge is 0.444 e. The predicted molar refractivity (Wildman–Crippen MR) is 88.2 cm³/mol. The molecule has 0 radical (unpaired) electrons. The molecule has 0 saturated carbocycles. The van der Waals surface area contributed by atoms with Gasteiger partial charge < -0.3 is 25.4 Å². The molecule has 1 atom stereocenters. The third kappa shape index (κ3) is 7.54. The van der Waals surface area contributed by atoms with Crippen LogP contribution in [0.4, 0.5) is 9.59 Å². The van der Waals surface area contributed by atoms with Gasteiger partial charge in [0.05, 0.1) is 5.54 Å². The fraction of sp³-hybridized carbons (Fsp3) is 0.875. The van der Waals surface area contributed by atoms with E-state index in [9.17, 15) is 9.59 Å². The van der Waals surface area contributed by atoms with Gasteiger partial charge in [0.1, 0.15) is 11.2 Å². The molecular formula is C16H31N3O4. The quantitative estimate of drug-likeness (QED) is 0.810. The number of piperidine rings is 1. The van der Waals surface area contributed by atoms with Crippen molar-refractivity contribution < 1.29 is 19.1 Å². The van der Waals surface area contributed by atoms with Gasteiger partial charge in [-0.1, -0.05) is 0 Å². The molecule has 1 aliphatic heterocycles. The van der Waals surface area contributed by atoms with Crippen LogP contribution >= 0.6 is 0 Å². The summed E-state index contributed by atoms with van der Waals surface area (Å²) in [7, 11) is 0. The highest BCUT2D eigenvalue weighted by Gasteiger charge is 2.36. The molecule has 0 aromatic rings. The standard InChI is InChI=1S/C16H31N3O4/c1-14(2,3)22-12(20)18-10-16(17)8-7-9-19(11-16)13(21)23-15(4,5)6/h7-11,17H2,1-6H3,(H,18,20). The van der Waals surface area contributed by atoms with Crippen LogP contribution in [0.15, 0.2) is 0 Å². The van der Waals surface area contributed by atoms with Crippen LogP contribution < -0.4 is 11.1 Å². The van der Waals surface area contributed by atoms with Gasteiger partial charge in [-0.3, -0.25) is 0 Å². The third-order valence-corrected chi connectivity index (χ3v) is 3.24. The smallest absolute Gasteiger partial charge is 0.410 e. The molecule has 0 aromatic heterocycles. The first kappa shape index (κ1) is 19.5. The summed E-state index contributed by atoms with van der Waals surface area (Å²) < 4.78 is 10.6. The van der Waals surface area contributed by atoms with Crippen LogP contribution in [0.3, 0.4) is 0 Å². The molecule has 0 aliphatic carbocycles. The summed E-state index contributed by atoms with van der Waals surface area (Å²) in [6.45, 7) is 12.1. The highest BCUT2D eigenvalue weighted by Crippen LogP contribution is 2.21. The number of carbonyl (C=O) groups is 2. The lowest BCUT2D eigenvalue weighted by Gasteiger charge is -2.40. The molecule has 0 bridgehead atoms. The maximum Gasteiger partial charge on any atom is 0.410 e. The Kier molecular flexibility index (Phi) is 5.90. The van der Waals surface area contributed by atoms with Crippen molar-refractivity contribution in [3.63, 3.8) is 0 Å². The summed E-state index contributed by atoms with van der Waals surface area (Å²) in [5.74, 6) is 0. The minimum atomic E-state index is -0.675. The van der Waals surface area contributed by atoms with Crippen LogP contribution in [-0.2, 0) is 9.47 Å². The van der Waals surface area contributed by atoms with Crippen molar-refractivity contribution in [2.45, 2.75) is 71.1 Å². The van der Waals surface area contributed by atoms with Crippen LogP contribution in [0.1, 0.15) is 54.4 Å². The Balaban J connectivity index is 2.55. The molecule has 7 heteroatoms. The highest BCUT2D eigenvalue weighted by atomic mass is 16.6. The van der Waals surface area contributed by atoms with Crippen LogP contribution in [0.2, 0.25) is 0 Å². The Bertz CT molecular complexity index is 440. The lowest BCUT2D eigenvalue weighted by atomic mass is 9.90. The molecule has 3 N–H and O–H groups in total. The van der Waals surface area contributed by atoms with Crippen molar-refractivity contribution in [1.29, 1.82) is 0 Å². The van der Waals surface area contributed by atoms with E-state index in [1.807, 2.05) is 20.8 Å². The molecule has 1 fully saturated rings. The van der Waals surface area contributed by atoms with Gasteiger partial charge in [0.15, 0.2) is 0 Å². The lowest BCUT2D eigenvalue weighted by molar-refractivity contribution is 0.0136. The second kappa shape index (κ2) is 6.95. The van der Waals surface area contributed by atoms with E-state index in [0.717, 1.165) is 12.8 Å². The fourth-order valence-corrected chi connectivity index (χ4v) is 2.35. The number of hydrogen-bond acceptors (Lipinski definition) is 5. The molecule has 0 spiro atoms. The maximum absolute atomic E-state index is 12.2. The number of rotatable bonds is 2. The molecule has 134 valence electrons. The maximum atomic E-state index is 12.2. The number of carbonyl (C=O) groups excluding carboxylic acids is 2. The fourth-order valence-electron chi connectivity index (χ4n) is 2.35. The van der Waals surface area contributed by atoms with Crippen molar-refractivity contribution in [3.8, 4) is 0 Å². The minimum Gasteiger partial charge on any atom is -0.444 e. The number of alkyl carbamates (subject to hydrolysis) is 1. The van der Waals surface area contributed by atoms with Crippen molar-refractivity contribution in [2.24, 2.45) is 5.73 Å². The van der Waals surface area contributed by atoms with E-state index >= 15 is 0 Å². The summed E-state index contributed by atoms with van der Waals surface area (Å²) in [5.41, 5.74) is 4.57. The van der Waals surface area contributed by atoms with Gasteiger partial charge >= 0.3 is 12.2 Å². The minimum absolute atomic E-state index is 0.251. The summed E-state index contributed by atoms with van der Waals surface area (Å²) in [6, 6.07) is 0. The third-order valence-electron chi connectivity index (χ3n) is 3.24. The Morgan fingerprint density at radius 1 is 1.13 bits per heavy atom. The SMILES string of the molecule is CC(C)(C)OC(=O)NCC1(N)CCCN(C(=O)OC(C)(C)C)C1. The van der Waals surface area contributed by atoms with Gasteiger partial charge in [-0.15, -0.1) is 0 Å². The first-order valence-corrected chi connectivity index (χ1v) is 8.03. The van der Waals surface area contributed by atoms with Crippen molar-refractivity contribution in [2.75, 3.05) is 19.6 Å². The van der Waals surface area contributed by atoms with Crippen molar-refractivity contribution >= 4 is 12.2 Å². The molecule has 1 heterocycles. The molecule has 1 aliphatic rings. The molecule has 1 unspecified atom stereocenters. The number of likely N-dealkylation sites (tertiary alicyclic amines) is 1. The monoisotopic (exact) mass is 329 g/mol. The molecule has 0 aromatic carbocycles. The first-order valence-electron chi connectivity index (χ1n) is 8.03. The molecule has 1 saturated heterocycles. The molecule has 7 nitrogen and oxygen atoms in total. The van der Waals surface area contributed by atoms with E-state index in [0.29, 0.717) is 13.1 Å². The lowest BCUT2D eigenvalue weighted by Crippen LogP contribution is -2.61. The van der Waals surface area contributed by atoms with Crippen LogP contribution in [0.25, 0.3) is 0 Å². The van der Waals surface area contributed by atoms with Crippen molar-refractivity contribution in [1.82, 2.24) is 10.2 Å². The normalized spacial score (nSPS) is 22.5. The molecule has 23 heavy (non-hydrogen) atoms. The van der Waals surface area contributed by atoms with Gasteiger partial charge in [0, 0.05) is 19.6 Å². The van der Waals surface area contributed by atoms with E-state index in [4.69, 9.17) is 15.2 Å². The second-order valence-corrected chi connectivity index (χ2v) is 8.22. The zero-order chi connectivity index (χ0) is 17.9. The van der Waals surface area contributed by atoms with E-state index in [-0.39, 0.29) is 12.6 Å². The van der Waals surface area contributed by atoms with Crippen LogP contribution in [0, 0.1) is 0 Å². The number of hydrogen-bond donors (Lipinski definition) is 2. The van der Waals surface area contributed by atoms with Crippen LogP contribution in [0.5, 0.6) is 0 Å². The van der Waals surface area contributed by atoms with Gasteiger partial charge in [-0.05, 0) is 54.4 Å². The Morgan fingerprint density at radius 3 is 2.22 bits per heavy atom. The number of amides is 2. The molecule has 1 rings (SSSR count). The zero-order valence-corrected chi connectivity index (χ0v) is 15.2. The van der Waals surface area contributed by atoms with Gasteiger partial charge in [0.25, 0.3) is 0 Å². The Morgan fingerprint density at radius 2 is 1.70 bits per heavy atom. The Hall–Kier alpha value is -1.50. The van der Waals surface area contributed by atoms with E-state index < -0.39 is 22.8 Å². The van der Waals surface area contributed by atoms with E-state index in [1.165, 1.54) is 0 Å². The number of ether oxygens (including phenoxy) is 2. The second-order valence-electron chi connectivity index (χ2n) is 8.22. The molecule has 2 amide bonds. The van der Waals surface area contributed by atoms with E-state index in [1.54, 1.807) is 25.7 Å². The number of nitrogens with one attached hydrogen (secondary N) is 1. The summed E-state index contributed by atoms with van der Waals surface area (Å²) in [6.07, 6.45) is 0.620. The zero-order valence-electron chi connectivity index (χ0n) is 15.2.